The highest BCUT2D eigenvalue weighted by atomic mass is 35.5. The molecule has 1 heterocycles. The maximum absolute atomic E-state index is 12.1. The van der Waals surface area contributed by atoms with Crippen LogP contribution in [0.15, 0.2) is 36.7 Å². The van der Waals surface area contributed by atoms with Crippen molar-refractivity contribution in [3.8, 4) is 0 Å². The van der Waals surface area contributed by atoms with Crippen LogP contribution in [0.2, 0.25) is 5.02 Å². The number of nitrogens with zero attached hydrogens (tertiary/aromatic N) is 2. The molecule has 1 unspecified atom stereocenters. The minimum absolute atomic E-state index is 0.240. The molecule has 1 aromatic heterocycles. The third-order valence-corrected chi connectivity index (χ3v) is 3.34. The van der Waals surface area contributed by atoms with Crippen molar-refractivity contribution >= 4 is 29.0 Å². The van der Waals surface area contributed by atoms with Gasteiger partial charge >= 0.3 is 0 Å². The van der Waals surface area contributed by atoms with Crippen LogP contribution >= 0.6 is 11.6 Å². The van der Waals surface area contributed by atoms with Gasteiger partial charge in [0.15, 0.2) is 0 Å². The number of carbonyl (C=O) groups excluding carboxylic acids is 1. The molecule has 2 rings (SSSR count). The molecular weight excluding hydrogens is 288 g/mol. The molecule has 21 heavy (non-hydrogen) atoms. The fourth-order valence-corrected chi connectivity index (χ4v) is 1.81. The van der Waals surface area contributed by atoms with Crippen molar-refractivity contribution in [1.29, 1.82) is 0 Å². The Bertz CT molecular complexity index is 615. The van der Waals surface area contributed by atoms with Gasteiger partial charge in [0.25, 0.3) is 5.91 Å². The number of para-hydroxylation sites is 1. The zero-order chi connectivity index (χ0) is 15.2. The van der Waals surface area contributed by atoms with Crippen LogP contribution in [-0.4, -0.2) is 21.9 Å². The molecule has 6 heteroatoms. The third-order valence-electron chi connectivity index (χ3n) is 3.01. The molecule has 0 saturated heterocycles. The Labute approximate surface area is 128 Å². The maximum Gasteiger partial charge on any atom is 0.275 e. The summed E-state index contributed by atoms with van der Waals surface area (Å²) in [6.07, 6.45) is 3.97. The van der Waals surface area contributed by atoms with E-state index >= 15 is 0 Å². The quantitative estimate of drug-likeness (QED) is 0.886. The summed E-state index contributed by atoms with van der Waals surface area (Å²) in [6, 6.07) is 7.34. The molecule has 0 fully saturated rings. The zero-order valence-corrected chi connectivity index (χ0v) is 12.7. The Morgan fingerprint density at radius 2 is 2.05 bits per heavy atom. The predicted octanol–water partition coefficient (Wildman–Crippen LogP) is 3.59. The molecule has 0 aliphatic carbocycles. The molecular formula is C15H17ClN4O. The van der Waals surface area contributed by atoms with Gasteiger partial charge in [-0.15, -0.1) is 0 Å². The number of halogens is 1. The molecule has 0 radical (unpaired) electrons. The first-order valence-electron chi connectivity index (χ1n) is 6.74. The fourth-order valence-electron chi connectivity index (χ4n) is 1.62. The lowest BCUT2D eigenvalue weighted by atomic mass is 10.2. The van der Waals surface area contributed by atoms with Crippen LogP contribution in [0.4, 0.5) is 11.5 Å². The highest BCUT2D eigenvalue weighted by Crippen LogP contribution is 2.20. The summed E-state index contributed by atoms with van der Waals surface area (Å²) in [5, 5.41) is 6.37. The zero-order valence-electron chi connectivity index (χ0n) is 11.9. The number of rotatable bonds is 5. The highest BCUT2D eigenvalue weighted by Gasteiger charge is 2.10. The summed E-state index contributed by atoms with van der Waals surface area (Å²) in [5.41, 5.74) is 0.789. The number of hydrogen-bond acceptors (Lipinski definition) is 4. The molecule has 2 N–H and O–H groups in total. The van der Waals surface area contributed by atoms with Gasteiger partial charge in [-0.3, -0.25) is 4.79 Å². The van der Waals surface area contributed by atoms with E-state index in [9.17, 15) is 4.79 Å². The standard InChI is InChI=1S/C15H17ClN4O/c1-3-10(2)19-14-9-17-13(8-18-14)15(21)20-12-7-5-4-6-11(12)16/h4-10H,3H2,1-2H3,(H,18,19)(H,20,21). The molecule has 0 bridgehead atoms. The monoisotopic (exact) mass is 304 g/mol. The van der Waals surface area contributed by atoms with Gasteiger partial charge in [-0.2, -0.15) is 0 Å². The van der Waals surface area contributed by atoms with Crippen molar-refractivity contribution in [2.24, 2.45) is 0 Å². The van der Waals surface area contributed by atoms with Crippen molar-refractivity contribution in [2.75, 3.05) is 10.6 Å². The number of benzene rings is 1. The maximum atomic E-state index is 12.1. The molecule has 2 aromatic rings. The Balaban J connectivity index is 2.05. The minimum Gasteiger partial charge on any atom is -0.366 e. The Kier molecular flexibility index (Phi) is 5.11. The summed E-state index contributed by atoms with van der Waals surface area (Å²) < 4.78 is 0. The smallest absolute Gasteiger partial charge is 0.275 e. The SMILES string of the molecule is CCC(C)Nc1cnc(C(=O)Nc2ccccc2Cl)cn1. The fraction of sp³-hybridized carbons (Fsp3) is 0.267. The van der Waals surface area contributed by atoms with Gasteiger partial charge in [0.1, 0.15) is 11.5 Å². The normalized spacial score (nSPS) is 11.8. The van der Waals surface area contributed by atoms with Crippen molar-refractivity contribution in [2.45, 2.75) is 26.3 Å². The first-order chi connectivity index (χ1) is 10.1. The number of carbonyl (C=O) groups is 1. The summed E-state index contributed by atoms with van der Waals surface area (Å²) in [6.45, 7) is 4.14. The lowest BCUT2D eigenvalue weighted by Gasteiger charge is -2.11. The van der Waals surface area contributed by atoms with Gasteiger partial charge in [-0.25, -0.2) is 9.97 Å². The van der Waals surface area contributed by atoms with E-state index in [2.05, 4.69) is 34.4 Å². The van der Waals surface area contributed by atoms with Crippen LogP contribution in [-0.2, 0) is 0 Å². The molecule has 0 saturated carbocycles. The van der Waals surface area contributed by atoms with Crippen LogP contribution in [0, 0.1) is 0 Å². The van der Waals surface area contributed by atoms with E-state index in [1.807, 2.05) is 0 Å². The average molecular weight is 305 g/mol. The first-order valence-corrected chi connectivity index (χ1v) is 7.12. The van der Waals surface area contributed by atoms with Crippen molar-refractivity contribution in [3.63, 3.8) is 0 Å². The number of hydrogen-bond donors (Lipinski definition) is 2. The second-order valence-electron chi connectivity index (χ2n) is 4.67. The second-order valence-corrected chi connectivity index (χ2v) is 5.08. The van der Waals surface area contributed by atoms with Gasteiger partial charge < -0.3 is 10.6 Å². The molecule has 110 valence electrons. The number of amides is 1. The van der Waals surface area contributed by atoms with Gasteiger partial charge in [0, 0.05) is 6.04 Å². The molecule has 1 aromatic carbocycles. The van der Waals surface area contributed by atoms with E-state index in [0.717, 1.165) is 6.42 Å². The van der Waals surface area contributed by atoms with E-state index in [-0.39, 0.29) is 11.6 Å². The van der Waals surface area contributed by atoms with Crippen LogP contribution in [0.3, 0.4) is 0 Å². The van der Waals surface area contributed by atoms with Crippen LogP contribution < -0.4 is 10.6 Å². The second kappa shape index (κ2) is 7.04. The molecule has 1 amide bonds. The van der Waals surface area contributed by atoms with E-state index in [4.69, 9.17) is 11.6 Å². The van der Waals surface area contributed by atoms with Gasteiger partial charge in [0.2, 0.25) is 0 Å². The van der Waals surface area contributed by atoms with Gasteiger partial charge in [-0.05, 0) is 25.5 Å². The van der Waals surface area contributed by atoms with Crippen LogP contribution in [0.5, 0.6) is 0 Å². The van der Waals surface area contributed by atoms with Crippen molar-refractivity contribution in [3.05, 3.63) is 47.4 Å². The third kappa shape index (κ3) is 4.16. The van der Waals surface area contributed by atoms with E-state index in [1.165, 1.54) is 6.20 Å². The van der Waals surface area contributed by atoms with Gasteiger partial charge in [0.05, 0.1) is 23.1 Å². The molecule has 0 aliphatic rings. The number of aromatic nitrogens is 2. The molecule has 1 atom stereocenters. The summed E-state index contributed by atoms with van der Waals surface area (Å²) in [7, 11) is 0. The Morgan fingerprint density at radius 1 is 1.29 bits per heavy atom. The lowest BCUT2D eigenvalue weighted by Crippen LogP contribution is -2.17. The van der Waals surface area contributed by atoms with Crippen molar-refractivity contribution in [1.82, 2.24) is 9.97 Å². The van der Waals surface area contributed by atoms with Crippen molar-refractivity contribution < 1.29 is 4.79 Å². The molecule has 0 spiro atoms. The predicted molar refractivity (Wildman–Crippen MR) is 84.8 cm³/mol. The molecule has 5 nitrogen and oxygen atoms in total. The van der Waals surface area contributed by atoms with Crippen LogP contribution in [0.25, 0.3) is 0 Å². The van der Waals surface area contributed by atoms with Gasteiger partial charge in [-0.1, -0.05) is 30.7 Å². The Hall–Kier alpha value is -2.14. The number of nitrogens with one attached hydrogen (secondary N) is 2. The average Bonchev–Trinajstić information content (AvgIpc) is 2.50. The summed E-state index contributed by atoms with van der Waals surface area (Å²) in [5.74, 6) is 0.310. The summed E-state index contributed by atoms with van der Waals surface area (Å²) in [4.78, 5) is 20.4. The van der Waals surface area contributed by atoms with E-state index in [0.29, 0.717) is 22.6 Å². The summed E-state index contributed by atoms with van der Waals surface area (Å²) >= 11 is 5.99. The molecule has 0 aliphatic heterocycles. The highest BCUT2D eigenvalue weighted by molar-refractivity contribution is 6.33. The lowest BCUT2D eigenvalue weighted by molar-refractivity contribution is 0.102. The van der Waals surface area contributed by atoms with Crippen LogP contribution in [0.1, 0.15) is 30.8 Å². The van der Waals surface area contributed by atoms with E-state index in [1.54, 1.807) is 30.5 Å². The number of anilines is 2. The largest absolute Gasteiger partial charge is 0.366 e. The Morgan fingerprint density at radius 3 is 2.67 bits per heavy atom. The first kappa shape index (κ1) is 15.3. The topological polar surface area (TPSA) is 66.9 Å². The van der Waals surface area contributed by atoms with E-state index < -0.39 is 0 Å². The minimum atomic E-state index is -0.342.